The summed E-state index contributed by atoms with van der Waals surface area (Å²) in [6.45, 7) is -5.22. The van der Waals surface area contributed by atoms with E-state index in [0.29, 0.717) is 0 Å². The average molecular weight is 1040 g/mol. The highest BCUT2D eigenvalue weighted by atomic mass is 16.6. The number of rotatable bonds is 21. The quantitative estimate of drug-likeness (QED) is 0.0215. The fraction of sp³-hybridized carbons (Fsp3) is 0.143. The van der Waals surface area contributed by atoms with Crippen LogP contribution in [0.15, 0.2) is 122 Å². The fourth-order valence-electron chi connectivity index (χ4n) is 6.48. The molecule has 2 aromatic heterocycles. The van der Waals surface area contributed by atoms with E-state index in [9.17, 15) is 38.4 Å². The van der Waals surface area contributed by atoms with Crippen LogP contribution in [0.4, 0.5) is 0 Å². The summed E-state index contributed by atoms with van der Waals surface area (Å²) in [5.41, 5.74) is 48.9. The van der Waals surface area contributed by atoms with Crippen molar-refractivity contribution in [2.75, 3.05) is 39.3 Å². The molecular weight excluding hydrogens is 1010 g/mol. The number of azide groups is 6. The molecule has 0 spiro atoms. The molecular formula is C42H24N18O16. The van der Waals surface area contributed by atoms with E-state index in [-0.39, 0.29) is 28.4 Å². The predicted molar refractivity (Wildman–Crippen MR) is 253 cm³/mol. The van der Waals surface area contributed by atoms with Gasteiger partial charge in [0.25, 0.3) is 0 Å². The first-order valence-corrected chi connectivity index (χ1v) is 20.5. The third-order valence-electron chi connectivity index (χ3n) is 9.31. The lowest BCUT2D eigenvalue weighted by molar-refractivity contribution is -0.134. The molecule has 0 bridgehead atoms. The Morgan fingerprint density at radius 1 is 0.408 bits per heavy atom. The number of fused-ring (bicyclic) bond motifs is 2. The normalized spacial score (nSPS) is 10.1. The zero-order valence-corrected chi connectivity index (χ0v) is 37.8. The van der Waals surface area contributed by atoms with E-state index in [2.05, 4.69) is 60.2 Å². The van der Waals surface area contributed by atoms with E-state index >= 15 is 0 Å². The van der Waals surface area contributed by atoms with Crippen molar-refractivity contribution in [3.8, 4) is 68.3 Å². The molecule has 4 aromatic carbocycles. The van der Waals surface area contributed by atoms with Crippen LogP contribution in [0.2, 0.25) is 0 Å². The van der Waals surface area contributed by atoms with Crippen LogP contribution in [0, 0.1) is 0 Å². The smallest absolute Gasteiger partial charge is 0.317 e. The van der Waals surface area contributed by atoms with Gasteiger partial charge in [-0.25, -0.2) is 0 Å². The van der Waals surface area contributed by atoms with Crippen LogP contribution in [0.1, 0.15) is 0 Å². The van der Waals surface area contributed by atoms with E-state index in [4.69, 9.17) is 70.4 Å². The first-order valence-electron chi connectivity index (χ1n) is 20.5. The Balaban J connectivity index is 1.66. The summed E-state index contributed by atoms with van der Waals surface area (Å²) in [7, 11) is 0. The standard InChI is InChI=1S/C42H24N18O16/c43-55-49-13-33(63)69-21-4-1-19(2-5-21)27-11-25(62)41-32(71-27)12-31(75-37(67)17-53-59-47)39(42(41)76-38(68)18-54-60-48)23-7-20(3-6-26(23)73-35(65)15-51-57-45)28-10-24(61)40-29(72-28)8-22(70-34(64)14-50-56-44)9-30(40)74-36(66)16-52-58-46/h1-12H,13-18H2. The first-order chi connectivity index (χ1) is 36.7. The molecule has 2 heterocycles. The van der Waals surface area contributed by atoms with Crippen molar-refractivity contribution in [1.29, 1.82) is 0 Å². The Morgan fingerprint density at radius 3 is 1.33 bits per heavy atom. The fourth-order valence-corrected chi connectivity index (χ4v) is 6.48. The van der Waals surface area contributed by atoms with Gasteiger partial charge < -0.3 is 37.3 Å². The molecule has 34 heteroatoms. The van der Waals surface area contributed by atoms with Crippen molar-refractivity contribution < 1.29 is 66.0 Å². The topological polar surface area (TPSA) is 511 Å². The number of ether oxygens (including phenoxy) is 6. The lowest BCUT2D eigenvalue weighted by Crippen LogP contribution is -2.17. The second-order valence-electron chi connectivity index (χ2n) is 14.1. The molecule has 0 fully saturated rings. The van der Waals surface area contributed by atoms with Gasteiger partial charge in [0.2, 0.25) is 0 Å². The van der Waals surface area contributed by atoms with Gasteiger partial charge in [-0.15, -0.1) is 0 Å². The largest absolute Gasteiger partial charge is 0.456 e. The van der Waals surface area contributed by atoms with Gasteiger partial charge >= 0.3 is 35.8 Å². The number of hydrogen-bond donors (Lipinski definition) is 0. The van der Waals surface area contributed by atoms with Crippen LogP contribution in [-0.4, -0.2) is 75.1 Å². The maximum atomic E-state index is 14.4. The number of benzene rings is 4. The summed E-state index contributed by atoms with van der Waals surface area (Å²) in [6, 6.07) is 13.3. The van der Waals surface area contributed by atoms with Crippen molar-refractivity contribution >= 4 is 57.8 Å². The van der Waals surface area contributed by atoms with E-state index in [1.807, 2.05) is 0 Å². The number of hydrogen-bond acceptors (Lipinski definition) is 22. The van der Waals surface area contributed by atoms with E-state index in [1.165, 1.54) is 30.3 Å². The summed E-state index contributed by atoms with van der Waals surface area (Å²) < 4.78 is 44.6. The molecule has 0 radical (unpaired) electrons. The Bertz CT molecular complexity index is 3840. The molecule has 0 saturated heterocycles. The summed E-state index contributed by atoms with van der Waals surface area (Å²) in [5, 5.41) is 17.9. The molecule has 378 valence electrons. The monoisotopic (exact) mass is 1040 g/mol. The summed E-state index contributed by atoms with van der Waals surface area (Å²) >= 11 is 0. The minimum absolute atomic E-state index is 0.0115. The van der Waals surface area contributed by atoms with E-state index < -0.39 is 148 Å². The highest BCUT2D eigenvalue weighted by Gasteiger charge is 2.29. The maximum absolute atomic E-state index is 14.4. The maximum Gasteiger partial charge on any atom is 0.317 e. The molecule has 0 N–H and O–H groups in total. The number of carbonyl (C=O) groups excluding carboxylic acids is 6. The second-order valence-corrected chi connectivity index (χ2v) is 14.1. The molecule has 0 unspecified atom stereocenters. The third-order valence-corrected chi connectivity index (χ3v) is 9.31. The van der Waals surface area contributed by atoms with Gasteiger partial charge in [0, 0.05) is 76.5 Å². The second kappa shape index (κ2) is 25.2. The van der Waals surface area contributed by atoms with E-state index in [0.717, 1.165) is 42.5 Å². The molecule has 6 aromatic rings. The Labute approximate surface area is 417 Å². The predicted octanol–water partition coefficient (Wildman–Crippen LogP) is 8.19. The Kier molecular flexibility index (Phi) is 17.7. The molecule has 0 aliphatic rings. The molecule has 0 aliphatic heterocycles. The van der Waals surface area contributed by atoms with Gasteiger partial charge in [-0.3, -0.25) is 38.4 Å². The zero-order chi connectivity index (χ0) is 54.7. The van der Waals surface area contributed by atoms with Gasteiger partial charge in [0.1, 0.15) is 101 Å². The number of carbonyl (C=O) groups is 6. The Morgan fingerprint density at radius 2 is 0.816 bits per heavy atom. The van der Waals surface area contributed by atoms with Crippen molar-refractivity contribution in [2.24, 2.45) is 30.7 Å². The van der Waals surface area contributed by atoms with Gasteiger partial charge in [-0.2, -0.15) is 0 Å². The van der Waals surface area contributed by atoms with Crippen LogP contribution >= 0.6 is 0 Å². The highest BCUT2D eigenvalue weighted by Crippen LogP contribution is 2.48. The number of nitrogens with zero attached hydrogens (tertiary/aromatic N) is 18. The zero-order valence-electron chi connectivity index (χ0n) is 37.8. The first kappa shape index (κ1) is 53.3. The van der Waals surface area contributed by atoms with Crippen LogP contribution in [0.3, 0.4) is 0 Å². The minimum Gasteiger partial charge on any atom is -0.456 e. The Hall–Kier alpha value is -12.0. The molecule has 0 aliphatic carbocycles. The van der Waals surface area contributed by atoms with Crippen molar-refractivity contribution in [3.05, 3.63) is 156 Å². The van der Waals surface area contributed by atoms with Crippen LogP contribution in [0.25, 0.3) is 118 Å². The highest BCUT2D eigenvalue weighted by molar-refractivity contribution is 6.01. The van der Waals surface area contributed by atoms with Gasteiger partial charge in [0.15, 0.2) is 16.6 Å². The molecule has 34 nitrogen and oxygen atoms in total. The van der Waals surface area contributed by atoms with Gasteiger partial charge in [-0.05, 0) is 75.7 Å². The molecule has 0 saturated carbocycles. The molecule has 76 heavy (non-hydrogen) atoms. The van der Waals surface area contributed by atoms with Gasteiger partial charge in [-0.1, -0.05) is 30.7 Å². The minimum atomic E-state index is -1.35. The number of esters is 6. The van der Waals surface area contributed by atoms with Gasteiger partial charge in [0.05, 0.1) is 5.56 Å². The summed E-state index contributed by atoms with van der Waals surface area (Å²) in [4.78, 5) is 120. The third kappa shape index (κ3) is 13.4. The van der Waals surface area contributed by atoms with Crippen molar-refractivity contribution in [1.82, 2.24) is 0 Å². The van der Waals surface area contributed by atoms with E-state index in [1.54, 1.807) is 0 Å². The SMILES string of the molecule is [N-]=[N+]=NCC(=O)Oc1ccc(-c2cc(=O)c3c(OC(=O)CN=[N+]=[N-])c(-c4cc(-c5cc(=O)c6c(OC(=O)CN=[N+]=[N-])cc(OC(=O)CN=[N+]=[N-])cc6o5)ccc4OC(=O)CN=[N+]=[N-])c(OC(=O)CN=[N+]=[N-])cc3o2)cc1. The van der Waals surface area contributed by atoms with Crippen molar-refractivity contribution in [2.45, 2.75) is 0 Å². The molecule has 6 rings (SSSR count). The van der Waals surface area contributed by atoms with Crippen LogP contribution in [0.5, 0.6) is 34.5 Å². The lowest BCUT2D eigenvalue weighted by atomic mass is 9.96. The lowest BCUT2D eigenvalue weighted by Gasteiger charge is -2.19. The summed E-state index contributed by atoms with van der Waals surface area (Å²) in [5.74, 6) is -10.7. The van der Waals surface area contributed by atoms with Crippen LogP contribution in [-0.2, 0) is 28.8 Å². The van der Waals surface area contributed by atoms with Crippen molar-refractivity contribution in [3.63, 3.8) is 0 Å². The summed E-state index contributed by atoms with van der Waals surface area (Å²) in [6.07, 6.45) is 0. The van der Waals surface area contributed by atoms with Crippen LogP contribution < -0.4 is 39.3 Å². The molecule has 0 amide bonds. The molecule has 0 atom stereocenters. The average Bonchev–Trinajstić information content (AvgIpc) is 3.42.